The molecule has 1 aromatic carbocycles. The van der Waals surface area contributed by atoms with Crippen LogP contribution in [-0.4, -0.2) is 17.1 Å². The summed E-state index contributed by atoms with van der Waals surface area (Å²) in [6.45, 7) is -0.107. The van der Waals surface area contributed by atoms with Crippen LogP contribution in [0.2, 0.25) is 0 Å². The van der Waals surface area contributed by atoms with E-state index >= 15 is 0 Å². The first-order valence-corrected chi connectivity index (χ1v) is 5.97. The SMILES string of the molecule is O=C(NC1C=CCCC1)c1ccccc1CO. The number of carbonyl (C=O) groups is 1. The zero-order valence-corrected chi connectivity index (χ0v) is 9.73. The molecule has 2 N–H and O–H groups in total. The van der Waals surface area contributed by atoms with E-state index < -0.39 is 0 Å². The molecule has 1 aliphatic rings. The van der Waals surface area contributed by atoms with Crippen LogP contribution in [0, 0.1) is 0 Å². The van der Waals surface area contributed by atoms with E-state index in [0.29, 0.717) is 11.1 Å². The van der Waals surface area contributed by atoms with Gasteiger partial charge in [0.05, 0.1) is 6.61 Å². The van der Waals surface area contributed by atoms with E-state index in [-0.39, 0.29) is 18.6 Å². The Bertz CT molecular complexity index is 426. The first-order chi connectivity index (χ1) is 8.31. The van der Waals surface area contributed by atoms with Gasteiger partial charge in [-0.1, -0.05) is 30.4 Å². The molecule has 1 aromatic rings. The van der Waals surface area contributed by atoms with Gasteiger partial charge in [0.15, 0.2) is 0 Å². The molecule has 0 bridgehead atoms. The summed E-state index contributed by atoms with van der Waals surface area (Å²) in [5, 5.41) is 12.2. The Hall–Kier alpha value is -1.61. The first kappa shape index (κ1) is 11.9. The predicted octanol–water partition coefficient (Wildman–Crippen LogP) is 2.02. The maximum atomic E-state index is 12.0. The van der Waals surface area contributed by atoms with E-state index in [4.69, 9.17) is 0 Å². The molecule has 0 radical (unpaired) electrons. The molecule has 0 heterocycles. The van der Waals surface area contributed by atoms with Gasteiger partial charge < -0.3 is 10.4 Å². The molecule has 3 heteroatoms. The largest absolute Gasteiger partial charge is 0.392 e. The molecular weight excluding hydrogens is 214 g/mol. The number of rotatable bonds is 3. The number of aliphatic hydroxyl groups is 1. The van der Waals surface area contributed by atoms with Crippen LogP contribution in [0.1, 0.15) is 35.2 Å². The van der Waals surface area contributed by atoms with Gasteiger partial charge in [-0.15, -0.1) is 0 Å². The normalized spacial score (nSPS) is 19.0. The van der Waals surface area contributed by atoms with Crippen molar-refractivity contribution < 1.29 is 9.90 Å². The van der Waals surface area contributed by atoms with Crippen molar-refractivity contribution >= 4 is 5.91 Å². The third-order valence-electron chi connectivity index (χ3n) is 3.00. The zero-order chi connectivity index (χ0) is 12.1. The second-order valence-electron chi connectivity index (χ2n) is 4.25. The topological polar surface area (TPSA) is 49.3 Å². The highest BCUT2D eigenvalue weighted by atomic mass is 16.3. The van der Waals surface area contributed by atoms with Crippen LogP contribution >= 0.6 is 0 Å². The van der Waals surface area contributed by atoms with E-state index in [9.17, 15) is 9.90 Å². The quantitative estimate of drug-likeness (QED) is 0.782. The standard InChI is InChI=1S/C14H17NO2/c16-10-11-6-4-5-9-13(11)14(17)15-12-7-2-1-3-8-12/h2,4-7,9,12,16H,1,3,8,10H2,(H,15,17). The number of nitrogens with one attached hydrogen (secondary N) is 1. The van der Waals surface area contributed by atoms with E-state index in [1.54, 1.807) is 12.1 Å². The van der Waals surface area contributed by atoms with Gasteiger partial charge in [-0.3, -0.25) is 4.79 Å². The Morgan fingerprint density at radius 3 is 2.94 bits per heavy atom. The van der Waals surface area contributed by atoms with E-state index in [2.05, 4.69) is 11.4 Å². The molecule has 2 rings (SSSR count). The van der Waals surface area contributed by atoms with Crippen LogP contribution in [0.25, 0.3) is 0 Å². The molecule has 3 nitrogen and oxygen atoms in total. The molecule has 1 unspecified atom stereocenters. The lowest BCUT2D eigenvalue weighted by Gasteiger charge is -2.18. The number of aliphatic hydroxyl groups excluding tert-OH is 1. The lowest BCUT2D eigenvalue weighted by molar-refractivity contribution is 0.0939. The Morgan fingerprint density at radius 1 is 1.41 bits per heavy atom. The number of allylic oxidation sites excluding steroid dienone is 1. The third-order valence-corrected chi connectivity index (χ3v) is 3.00. The molecule has 0 saturated carbocycles. The number of benzene rings is 1. The summed E-state index contributed by atoms with van der Waals surface area (Å²) >= 11 is 0. The fourth-order valence-electron chi connectivity index (χ4n) is 2.06. The Kier molecular flexibility index (Phi) is 3.94. The van der Waals surface area contributed by atoms with Gasteiger partial charge in [-0.05, 0) is 30.9 Å². The van der Waals surface area contributed by atoms with Crippen molar-refractivity contribution in [2.45, 2.75) is 31.9 Å². The van der Waals surface area contributed by atoms with Crippen LogP contribution in [0.4, 0.5) is 0 Å². The molecule has 0 spiro atoms. The van der Waals surface area contributed by atoms with Gasteiger partial charge in [0.1, 0.15) is 0 Å². The minimum atomic E-state index is -0.107. The van der Waals surface area contributed by atoms with Gasteiger partial charge in [0, 0.05) is 11.6 Å². The van der Waals surface area contributed by atoms with Gasteiger partial charge in [-0.2, -0.15) is 0 Å². The summed E-state index contributed by atoms with van der Waals surface area (Å²) in [7, 11) is 0. The fraction of sp³-hybridized carbons (Fsp3) is 0.357. The van der Waals surface area contributed by atoms with Crippen molar-refractivity contribution in [3.05, 3.63) is 47.5 Å². The minimum Gasteiger partial charge on any atom is -0.392 e. The van der Waals surface area contributed by atoms with Crippen molar-refractivity contribution in [1.29, 1.82) is 0 Å². The van der Waals surface area contributed by atoms with Crippen LogP contribution in [0.3, 0.4) is 0 Å². The molecule has 0 aliphatic heterocycles. The van der Waals surface area contributed by atoms with Gasteiger partial charge in [0.2, 0.25) is 0 Å². The summed E-state index contributed by atoms with van der Waals surface area (Å²) in [6, 6.07) is 7.27. The summed E-state index contributed by atoms with van der Waals surface area (Å²) in [5.41, 5.74) is 1.23. The summed E-state index contributed by atoms with van der Waals surface area (Å²) in [6.07, 6.45) is 7.35. The highest BCUT2D eigenvalue weighted by Gasteiger charge is 2.15. The van der Waals surface area contributed by atoms with Crippen molar-refractivity contribution in [2.24, 2.45) is 0 Å². The van der Waals surface area contributed by atoms with E-state index in [1.165, 1.54) is 0 Å². The average Bonchev–Trinajstić information content (AvgIpc) is 2.40. The molecule has 0 aromatic heterocycles. The number of amides is 1. The van der Waals surface area contributed by atoms with Crippen LogP contribution in [-0.2, 0) is 6.61 Å². The minimum absolute atomic E-state index is 0.105. The van der Waals surface area contributed by atoms with Crippen LogP contribution < -0.4 is 5.32 Å². The molecule has 1 amide bonds. The lowest BCUT2D eigenvalue weighted by Crippen LogP contribution is -2.34. The van der Waals surface area contributed by atoms with Crippen molar-refractivity contribution in [3.63, 3.8) is 0 Å². The van der Waals surface area contributed by atoms with Gasteiger partial charge in [-0.25, -0.2) is 0 Å². The fourth-order valence-corrected chi connectivity index (χ4v) is 2.06. The Labute approximate surface area is 101 Å². The van der Waals surface area contributed by atoms with Crippen molar-refractivity contribution in [3.8, 4) is 0 Å². The molecule has 0 saturated heterocycles. The highest BCUT2D eigenvalue weighted by molar-refractivity contribution is 5.95. The molecule has 1 atom stereocenters. The summed E-state index contributed by atoms with van der Waals surface area (Å²) in [4.78, 5) is 12.0. The van der Waals surface area contributed by atoms with E-state index in [0.717, 1.165) is 19.3 Å². The average molecular weight is 231 g/mol. The highest BCUT2D eigenvalue weighted by Crippen LogP contribution is 2.13. The second kappa shape index (κ2) is 5.64. The van der Waals surface area contributed by atoms with Gasteiger partial charge in [0.25, 0.3) is 5.91 Å². The maximum Gasteiger partial charge on any atom is 0.252 e. The lowest BCUT2D eigenvalue weighted by atomic mass is 10.0. The first-order valence-electron chi connectivity index (χ1n) is 5.97. The molecule has 1 aliphatic carbocycles. The second-order valence-corrected chi connectivity index (χ2v) is 4.25. The Balaban J connectivity index is 2.08. The van der Waals surface area contributed by atoms with Crippen LogP contribution in [0.5, 0.6) is 0 Å². The predicted molar refractivity (Wildman–Crippen MR) is 66.6 cm³/mol. The van der Waals surface area contributed by atoms with Crippen molar-refractivity contribution in [1.82, 2.24) is 5.32 Å². The van der Waals surface area contributed by atoms with Crippen LogP contribution in [0.15, 0.2) is 36.4 Å². The third kappa shape index (κ3) is 2.94. The summed E-state index contributed by atoms with van der Waals surface area (Å²) < 4.78 is 0. The zero-order valence-electron chi connectivity index (χ0n) is 9.73. The summed E-state index contributed by atoms with van der Waals surface area (Å²) in [5.74, 6) is -0.105. The van der Waals surface area contributed by atoms with Crippen molar-refractivity contribution in [2.75, 3.05) is 0 Å². The molecule has 0 fully saturated rings. The number of hydrogen-bond acceptors (Lipinski definition) is 2. The smallest absolute Gasteiger partial charge is 0.252 e. The van der Waals surface area contributed by atoms with Gasteiger partial charge >= 0.3 is 0 Å². The monoisotopic (exact) mass is 231 g/mol. The molecule has 90 valence electrons. The number of carbonyl (C=O) groups excluding carboxylic acids is 1. The molecule has 17 heavy (non-hydrogen) atoms. The molecular formula is C14H17NO2. The Morgan fingerprint density at radius 2 is 2.24 bits per heavy atom. The number of hydrogen-bond donors (Lipinski definition) is 2. The maximum absolute atomic E-state index is 12.0. The van der Waals surface area contributed by atoms with E-state index in [1.807, 2.05) is 18.2 Å².